The zero-order valence-electron chi connectivity index (χ0n) is 12.6. The van der Waals surface area contributed by atoms with Gasteiger partial charge in [0.2, 0.25) is 0 Å². The molecule has 0 N–H and O–H groups in total. The first-order valence-electron chi connectivity index (χ1n) is 6.99. The summed E-state index contributed by atoms with van der Waals surface area (Å²) in [5, 5.41) is 0. The maximum Gasteiger partial charge on any atom is 0.497 e. The number of furan rings is 1. The normalized spacial score (nSPS) is 20.0. The van der Waals surface area contributed by atoms with Crippen molar-refractivity contribution in [1.82, 2.24) is 0 Å². The van der Waals surface area contributed by atoms with Crippen LogP contribution in [0.4, 0.5) is 4.39 Å². The summed E-state index contributed by atoms with van der Waals surface area (Å²) >= 11 is 0. The molecule has 0 atom stereocenters. The predicted octanol–water partition coefficient (Wildman–Crippen LogP) is 3.38. The molecule has 1 fully saturated rings. The Bertz CT molecular complexity index is 634. The Morgan fingerprint density at radius 3 is 2.24 bits per heavy atom. The van der Waals surface area contributed by atoms with Crippen LogP contribution < -0.4 is 5.46 Å². The molecule has 1 aromatic heterocycles. The van der Waals surface area contributed by atoms with Gasteiger partial charge in [-0.05, 0) is 58.0 Å². The Kier molecular flexibility index (Phi) is 3.22. The smallest absolute Gasteiger partial charge is 0.464 e. The summed E-state index contributed by atoms with van der Waals surface area (Å²) in [6.45, 7) is 7.78. The minimum atomic E-state index is -0.718. The van der Waals surface area contributed by atoms with Gasteiger partial charge in [0.25, 0.3) is 0 Å². The van der Waals surface area contributed by atoms with Crippen LogP contribution in [-0.2, 0) is 9.31 Å². The van der Waals surface area contributed by atoms with Crippen LogP contribution in [0.15, 0.2) is 41.0 Å². The fraction of sp³-hybridized carbons (Fsp3) is 0.375. The van der Waals surface area contributed by atoms with Gasteiger partial charge < -0.3 is 13.7 Å². The Hall–Kier alpha value is -1.59. The zero-order chi connectivity index (χ0) is 15.3. The maximum absolute atomic E-state index is 14.2. The molecule has 1 saturated heterocycles. The predicted molar refractivity (Wildman–Crippen MR) is 79.8 cm³/mol. The van der Waals surface area contributed by atoms with Crippen LogP contribution in [0.1, 0.15) is 27.7 Å². The van der Waals surface area contributed by atoms with Gasteiger partial charge in [0.05, 0.1) is 17.5 Å². The van der Waals surface area contributed by atoms with E-state index in [0.29, 0.717) is 11.2 Å². The third-order valence-corrected chi connectivity index (χ3v) is 4.31. The van der Waals surface area contributed by atoms with Gasteiger partial charge in [-0.3, -0.25) is 0 Å². The number of hydrogen-bond acceptors (Lipinski definition) is 3. The van der Waals surface area contributed by atoms with Crippen molar-refractivity contribution < 1.29 is 18.1 Å². The van der Waals surface area contributed by atoms with E-state index in [1.54, 1.807) is 24.5 Å². The van der Waals surface area contributed by atoms with E-state index < -0.39 is 18.3 Å². The Morgan fingerprint density at radius 2 is 1.67 bits per heavy atom. The van der Waals surface area contributed by atoms with Crippen molar-refractivity contribution >= 4 is 12.6 Å². The molecule has 0 saturated carbocycles. The van der Waals surface area contributed by atoms with Crippen LogP contribution >= 0.6 is 0 Å². The first kappa shape index (κ1) is 14.4. The van der Waals surface area contributed by atoms with E-state index in [1.165, 1.54) is 6.07 Å². The van der Waals surface area contributed by atoms with E-state index in [1.807, 2.05) is 33.8 Å². The molecule has 0 unspecified atom stereocenters. The number of benzene rings is 1. The molecule has 0 spiro atoms. The Morgan fingerprint density at radius 1 is 1.00 bits per heavy atom. The van der Waals surface area contributed by atoms with Crippen molar-refractivity contribution in [2.24, 2.45) is 0 Å². The van der Waals surface area contributed by atoms with Gasteiger partial charge in [0.1, 0.15) is 11.6 Å². The van der Waals surface area contributed by atoms with Gasteiger partial charge in [-0.2, -0.15) is 0 Å². The molecule has 0 amide bonds. The van der Waals surface area contributed by atoms with Crippen LogP contribution in [0.5, 0.6) is 0 Å². The molecule has 3 nitrogen and oxygen atoms in total. The summed E-state index contributed by atoms with van der Waals surface area (Å²) < 4.78 is 31.4. The van der Waals surface area contributed by atoms with E-state index in [0.717, 1.165) is 5.56 Å². The lowest BCUT2D eigenvalue weighted by Crippen LogP contribution is -2.41. The molecule has 1 aromatic carbocycles. The maximum atomic E-state index is 14.2. The third-order valence-electron chi connectivity index (χ3n) is 4.31. The highest BCUT2D eigenvalue weighted by Crippen LogP contribution is 2.36. The van der Waals surface area contributed by atoms with E-state index >= 15 is 0 Å². The fourth-order valence-electron chi connectivity index (χ4n) is 2.29. The molecule has 110 valence electrons. The van der Waals surface area contributed by atoms with Gasteiger partial charge in [-0.1, -0.05) is 0 Å². The fourth-order valence-corrected chi connectivity index (χ4v) is 2.29. The Balaban J connectivity index is 1.98. The topological polar surface area (TPSA) is 31.6 Å². The summed E-state index contributed by atoms with van der Waals surface area (Å²) in [6, 6.07) is 8.45. The monoisotopic (exact) mass is 288 g/mol. The minimum Gasteiger partial charge on any atom is -0.464 e. The molecule has 0 radical (unpaired) electrons. The quantitative estimate of drug-likeness (QED) is 0.794. The molecule has 21 heavy (non-hydrogen) atoms. The highest BCUT2D eigenvalue weighted by atomic mass is 19.1. The molecule has 1 aliphatic heterocycles. The largest absolute Gasteiger partial charge is 0.497 e. The summed E-state index contributed by atoms with van der Waals surface area (Å²) in [5.41, 5.74) is 0.198. The first-order chi connectivity index (χ1) is 9.80. The number of rotatable bonds is 2. The van der Waals surface area contributed by atoms with Gasteiger partial charge >= 0.3 is 7.12 Å². The van der Waals surface area contributed by atoms with Crippen LogP contribution in [-0.4, -0.2) is 18.3 Å². The summed E-state index contributed by atoms with van der Waals surface area (Å²) in [6.07, 6.45) is 1.59. The zero-order valence-corrected chi connectivity index (χ0v) is 12.6. The minimum absolute atomic E-state index is 0.344. The Labute approximate surface area is 124 Å². The SMILES string of the molecule is CC1(C)OB(c2cc(-c3ccco3)ccc2F)OC1(C)C. The second kappa shape index (κ2) is 4.72. The van der Waals surface area contributed by atoms with Crippen molar-refractivity contribution in [3.8, 4) is 11.3 Å². The molecular formula is C16H18BFO3. The molecule has 2 heterocycles. The van der Waals surface area contributed by atoms with Crippen LogP contribution in [0.25, 0.3) is 11.3 Å². The first-order valence-corrected chi connectivity index (χ1v) is 6.99. The summed E-state index contributed by atoms with van der Waals surface area (Å²) in [4.78, 5) is 0. The molecular weight excluding hydrogens is 270 g/mol. The van der Waals surface area contributed by atoms with Crippen LogP contribution in [0, 0.1) is 5.82 Å². The van der Waals surface area contributed by atoms with Crippen LogP contribution in [0.2, 0.25) is 0 Å². The highest BCUT2D eigenvalue weighted by molar-refractivity contribution is 6.62. The van der Waals surface area contributed by atoms with Crippen molar-refractivity contribution in [3.05, 3.63) is 42.4 Å². The number of halogens is 1. The van der Waals surface area contributed by atoms with Gasteiger partial charge in [-0.25, -0.2) is 4.39 Å². The average Bonchev–Trinajstić information content (AvgIpc) is 2.97. The lowest BCUT2D eigenvalue weighted by Gasteiger charge is -2.32. The molecule has 5 heteroatoms. The second-order valence-electron chi connectivity index (χ2n) is 6.30. The molecule has 1 aliphatic rings. The number of hydrogen-bond donors (Lipinski definition) is 0. The molecule has 0 aliphatic carbocycles. The van der Waals surface area contributed by atoms with Crippen molar-refractivity contribution in [1.29, 1.82) is 0 Å². The lowest BCUT2D eigenvalue weighted by atomic mass is 9.77. The van der Waals surface area contributed by atoms with Gasteiger partial charge in [0, 0.05) is 11.0 Å². The van der Waals surface area contributed by atoms with E-state index in [4.69, 9.17) is 13.7 Å². The summed E-state index contributed by atoms with van der Waals surface area (Å²) in [7, 11) is -0.718. The van der Waals surface area contributed by atoms with Gasteiger partial charge in [0.15, 0.2) is 0 Å². The summed E-state index contributed by atoms with van der Waals surface area (Å²) in [5.74, 6) is 0.344. The second-order valence-corrected chi connectivity index (χ2v) is 6.30. The standard InChI is InChI=1S/C16H18BFO3/c1-15(2)16(3,4)21-17(20-15)12-10-11(7-8-13(12)18)14-6-5-9-19-14/h5-10H,1-4H3. The molecule has 2 aromatic rings. The van der Waals surface area contributed by atoms with E-state index in [-0.39, 0.29) is 5.82 Å². The highest BCUT2D eigenvalue weighted by Gasteiger charge is 2.52. The van der Waals surface area contributed by atoms with Crippen molar-refractivity contribution in [2.45, 2.75) is 38.9 Å². The van der Waals surface area contributed by atoms with Crippen molar-refractivity contribution in [2.75, 3.05) is 0 Å². The van der Waals surface area contributed by atoms with Crippen molar-refractivity contribution in [3.63, 3.8) is 0 Å². The molecule has 0 bridgehead atoms. The van der Waals surface area contributed by atoms with E-state index in [9.17, 15) is 4.39 Å². The third kappa shape index (κ3) is 2.41. The van der Waals surface area contributed by atoms with Crippen LogP contribution in [0.3, 0.4) is 0 Å². The molecule has 3 rings (SSSR count). The average molecular weight is 288 g/mol. The lowest BCUT2D eigenvalue weighted by molar-refractivity contribution is 0.00578. The van der Waals surface area contributed by atoms with E-state index in [2.05, 4.69) is 0 Å². The van der Waals surface area contributed by atoms with Gasteiger partial charge in [-0.15, -0.1) is 0 Å².